The van der Waals surface area contributed by atoms with Gasteiger partial charge in [0.05, 0.1) is 0 Å². The maximum absolute atomic E-state index is 9.19. The molecule has 0 rings (SSSR count). The predicted molar refractivity (Wildman–Crippen MR) is 32.4 cm³/mol. The zero-order valence-electron chi connectivity index (χ0n) is 2.36. The molecule has 2 nitrogen and oxygen atoms in total. The molecule has 0 saturated carbocycles. The molecule has 38 valence electrons. The third kappa shape index (κ3) is 51.3. The van der Waals surface area contributed by atoms with E-state index in [1.54, 1.807) is 0 Å². The first-order valence-corrected chi connectivity index (χ1v) is 2.78. The van der Waals surface area contributed by atoms with Gasteiger partial charge in [-0.15, -0.1) is 0 Å². The van der Waals surface area contributed by atoms with Gasteiger partial charge in [-0.05, 0) is 0 Å². The van der Waals surface area contributed by atoms with E-state index in [1.165, 1.54) is 6.66 Å². The molecular formula is C2H11CaO2P. The van der Waals surface area contributed by atoms with Gasteiger partial charge in [-0.1, -0.05) is 7.43 Å². The van der Waals surface area contributed by atoms with Gasteiger partial charge in [-0.25, -0.2) is 0 Å². The Morgan fingerprint density at radius 3 is 1.67 bits per heavy atom. The van der Waals surface area contributed by atoms with E-state index < -0.39 is 8.03 Å². The molecule has 0 saturated heterocycles. The Balaban J connectivity index is -0.0000000450. The van der Waals surface area contributed by atoms with Crippen LogP contribution < -0.4 is 0 Å². The van der Waals surface area contributed by atoms with E-state index in [9.17, 15) is 4.57 Å². The van der Waals surface area contributed by atoms with Crippen molar-refractivity contribution in [3.05, 3.63) is 0 Å². The topological polar surface area (TPSA) is 37.3 Å². The van der Waals surface area contributed by atoms with E-state index in [4.69, 9.17) is 4.89 Å². The van der Waals surface area contributed by atoms with Crippen molar-refractivity contribution < 1.29 is 9.46 Å². The molecule has 0 aromatic heterocycles. The van der Waals surface area contributed by atoms with Gasteiger partial charge in [-0.3, -0.25) is 4.57 Å². The minimum absolute atomic E-state index is 0. The summed E-state index contributed by atoms with van der Waals surface area (Å²) in [5.74, 6) is 0. The van der Waals surface area contributed by atoms with Crippen LogP contribution in [0, 0.1) is 0 Å². The van der Waals surface area contributed by atoms with Crippen molar-refractivity contribution in [2.45, 2.75) is 7.43 Å². The van der Waals surface area contributed by atoms with E-state index in [-0.39, 0.29) is 45.2 Å². The van der Waals surface area contributed by atoms with Crippen molar-refractivity contribution in [1.82, 2.24) is 0 Å². The average Bonchev–Trinajstić information content (AvgIpc) is 0.811. The molecule has 0 amide bonds. The maximum atomic E-state index is 9.19. The van der Waals surface area contributed by atoms with Crippen LogP contribution in [0.15, 0.2) is 0 Å². The molecule has 1 N–H and O–H groups in total. The van der Waals surface area contributed by atoms with E-state index in [0.717, 1.165) is 0 Å². The molecule has 0 heterocycles. The van der Waals surface area contributed by atoms with Crippen molar-refractivity contribution >= 4 is 45.8 Å². The Morgan fingerprint density at radius 2 is 1.67 bits per heavy atom. The molecular weight excluding hydrogens is 127 g/mol. The Kier molecular flexibility index (Phi) is 25.2. The molecule has 0 radical (unpaired) electrons. The van der Waals surface area contributed by atoms with E-state index in [0.29, 0.717) is 0 Å². The molecule has 0 aliphatic heterocycles. The van der Waals surface area contributed by atoms with Crippen LogP contribution in [0.1, 0.15) is 7.43 Å². The number of rotatable bonds is 0. The Hall–Kier alpha value is 1.45. The molecule has 0 fully saturated rings. The van der Waals surface area contributed by atoms with Crippen LogP contribution in [0.2, 0.25) is 0 Å². The van der Waals surface area contributed by atoms with Gasteiger partial charge >= 0.3 is 37.7 Å². The summed E-state index contributed by atoms with van der Waals surface area (Å²) in [7, 11) is -2.13. The SMILES string of the molecule is C.C[PH](=O)O.[CaH2]. The standard InChI is InChI=1S/CH5O2P.CH4.Ca.2H/c1-4(2)3;;;;/h4H,1H3,(H,2,3);1H4;;;. The summed E-state index contributed by atoms with van der Waals surface area (Å²) in [6.45, 7) is 1.27. The van der Waals surface area contributed by atoms with Crippen molar-refractivity contribution in [2.24, 2.45) is 0 Å². The van der Waals surface area contributed by atoms with Crippen molar-refractivity contribution in [3.8, 4) is 0 Å². The fraction of sp³-hybridized carbons (Fsp3) is 1.00. The fourth-order valence-electron chi connectivity index (χ4n) is 0. The first-order valence-electron chi connectivity index (χ1n) is 0.928. The van der Waals surface area contributed by atoms with Crippen molar-refractivity contribution in [3.63, 3.8) is 0 Å². The van der Waals surface area contributed by atoms with Crippen LogP contribution in [-0.4, -0.2) is 49.3 Å². The molecule has 4 heteroatoms. The van der Waals surface area contributed by atoms with Crippen LogP contribution in [0.25, 0.3) is 0 Å². The summed E-state index contributed by atoms with van der Waals surface area (Å²) in [5, 5.41) is 0. The van der Waals surface area contributed by atoms with Gasteiger partial charge in [0.25, 0.3) is 0 Å². The van der Waals surface area contributed by atoms with E-state index in [1.807, 2.05) is 0 Å². The first-order chi connectivity index (χ1) is 1.73. The molecule has 0 aromatic rings. The van der Waals surface area contributed by atoms with Crippen LogP contribution >= 0.6 is 8.03 Å². The third-order valence-electron chi connectivity index (χ3n) is 0. The summed E-state index contributed by atoms with van der Waals surface area (Å²) < 4.78 is 9.19. The average molecular weight is 138 g/mol. The Bertz CT molecular complexity index is 34.5. The second-order valence-corrected chi connectivity index (χ2v) is 1.56. The zero-order chi connectivity index (χ0) is 3.58. The molecule has 1 atom stereocenters. The van der Waals surface area contributed by atoms with Crippen LogP contribution in [0.5, 0.6) is 0 Å². The van der Waals surface area contributed by atoms with Crippen LogP contribution in [0.4, 0.5) is 0 Å². The normalized spacial score (nSPS) is 10.3. The minimum atomic E-state index is -2.13. The monoisotopic (exact) mass is 138 g/mol. The summed E-state index contributed by atoms with van der Waals surface area (Å²) in [4.78, 5) is 7.60. The molecule has 0 aliphatic carbocycles. The van der Waals surface area contributed by atoms with Crippen molar-refractivity contribution in [2.75, 3.05) is 6.66 Å². The molecule has 0 aromatic carbocycles. The fourth-order valence-corrected chi connectivity index (χ4v) is 0. The van der Waals surface area contributed by atoms with Gasteiger partial charge in [0.15, 0.2) is 8.03 Å². The number of hydrogen-bond donors (Lipinski definition) is 1. The second kappa shape index (κ2) is 9.67. The third-order valence-corrected chi connectivity index (χ3v) is 0. The predicted octanol–water partition coefficient (Wildman–Crippen LogP) is -0.197. The van der Waals surface area contributed by atoms with Gasteiger partial charge in [-0.2, -0.15) is 0 Å². The molecule has 0 bridgehead atoms. The van der Waals surface area contributed by atoms with Crippen LogP contribution in [0.3, 0.4) is 0 Å². The Labute approximate surface area is 68.8 Å². The summed E-state index contributed by atoms with van der Waals surface area (Å²) in [6, 6.07) is 0. The summed E-state index contributed by atoms with van der Waals surface area (Å²) >= 11 is 0. The van der Waals surface area contributed by atoms with Gasteiger partial charge in [0.2, 0.25) is 0 Å². The van der Waals surface area contributed by atoms with Crippen molar-refractivity contribution in [1.29, 1.82) is 0 Å². The van der Waals surface area contributed by atoms with Gasteiger partial charge in [0.1, 0.15) is 0 Å². The van der Waals surface area contributed by atoms with Crippen LogP contribution in [-0.2, 0) is 4.57 Å². The Morgan fingerprint density at radius 1 is 1.67 bits per heavy atom. The van der Waals surface area contributed by atoms with Gasteiger partial charge in [0, 0.05) is 6.66 Å². The van der Waals surface area contributed by atoms with E-state index in [2.05, 4.69) is 0 Å². The molecule has 0 aliphatic rings. The first kappa shape index (κ1) is 15.7. The second-order valence-electron chi connectivity index (χ2n) is 0.519. The summed E-state index contributed by atoms with van der Waals surface area (Å²) in [5.41, 5.74) is 0. The van der Waals surface area contributed by atoms with Gasteiger partial charge < -0.3 is 4.89 Å². The summed E-state index contributed by atoms with van der Waals surface area (Å²) in [6.07, 6.45) is 0. The zero-order valence-corrected chi connectivity index (χ0v) is 3.36. The van der Waals surface area contributed by atoms with E-state index >= 15 is 0 Å². The molecule has 1 unspecified atom stereocenters. The molecule has 6 heavy (non-hydrogen) atoms. The molecule has 0 spiro atoms. The number of hydrogen-bond acceptors (Lipinski definition) is 1. The quantitative estimate of drug-likeness (QED) is 0.372.